The molecule has 1 aliphatic heterocycles. The number of rotatable bonds is 4. The van der Waals surface area contributed by atoms with Crippen LogP contribution in [0.1, 0.15) is 47.0 Å². The van der Waals surface area contributed by atoms with Crippen LogP contribution in [0.4, 0.5) is 0 Å². The second-order valence-corrected chi connectivity index (χ2v) is 5.47. The highest BCUT2D eigenvalue weighted by atomic mass is 16.5. The first-order chi connectivity index (χ1) is 7.87. The molecule has 0 aliphatic carbocycles. The van der Waals surface area contributed by atoms with E-state index >= 15 is 0 Å². The van der Waals surface area contributed by atoms with Gasteiger partial charge in [-0.3, -0.25) is 4.79 Å². The molecule has 17 heavy (non-hydrogen) atoms. The lowest BCUT2D eigenvalue weighted by molar-refractivity contribution is -0.179. The fraction of sp³-hybridized carbons (Fsp3) is 0.667. The first-order valence-corrected chi connectivity index (χ1v) is 6.33. The second-order valence-electron chi connectivity index (χ2n) is 5.47. The minimum absolute atomic E-state index is 0.146. The summed E-state index contributed by atoms with van der Waals surface area (Å²) in [5.74, 6) is 0.194. The summed E-state index contributed by atoms with van der Waals surface area (Å²) in [5, 5.41) is 0. The topological polar surface area (TPSA) is 26.3 Å². The normalized spacial score (nSPS) is 30.8. The molecule has 1 heterocycles. The van der Waals surface area contributed by atoms with Crippen molar-refractivity contribution < 1.29 is 9.53 Å². The monoisotopic (exact) mass is 236 g/mol. The van der Waals surface area contributed by atoms with Crippen LogP contribution in [-0.2, 0) is 9.53 Å². The van der Waals surface area contributed by atoms with Crippen LogP contribution in [0.3, 0.4) is 0 Å². The van der Waals surface area contributed by atoms with Gasteiger partial charge in [-0.05, 0) is 26.7 Å². The van der Waals surface area contributed by atoms with Crippen LogP contribution in [0.15, 0.2) is 24.8 Å². The molecule has 2 atom stereocenters. The zero-order valence-corrected chi connectivity index (χ0v) is 11.5. The molecule has 1 saturated heterocycles. The summed E-state index contributed by atoms with van der Waals surface area (Å²) in [6.45, 7) is 11.8. The van der Waals surface area contributed by atoms with Gasteiger partial charge in [0.15, 0.2) is 5.78 Å². The predicted molar refractivity (Wildman–Crippen MR) is 70.9 cm³/mol. The van der Waals surface area contributed by atoms with Gasteiger partial charge in [-0.1, -0.05) is 32.1 Å². The number of carbonyl (C=O) groups excluding carboxylic acids is 1. The van der Waals surface area contributed by atoms with E-state index in [2.05, 4.69) is 12.7 Å². The standard InChI is InChI=1S/C15H24O2/c1-6-8-9-12-10-11-13(16)15(5,17-12)14(3,4)7-2/h6-8,12H,2,9-11H2,1,3-5H3/b8-6+/t12-,15-/m1/s1. The van der Waals surface area contributed by atoms with Gasteiger partial charge >= 0.3 is 0 Å². The fourth-order valence-electron chi connectivity index (χ4n) is 2.15. The molecule has 1 aliphatic rings. The number of Topliss-reactive ketones (excluding diaryl/α,β-unsaturated/α-hetero) is 1. The number of ketones is 1. The fourth-order valence-corrected chi connectivity index (χ4v) is 2.15. The number of hydrogen-bond acceptors (Lipinski definition) is 2. The molecule has 0 amide bonds. The zero-order valence-electron chi connectivity index (χ0n) is 11.5. The summed E-state index contributed by atoms with van der Waals surface area (Å²) in [4.78, 5) is 12.2. The molecule has 0 bridgehead atoms. The smallest absolute Gasteiger partial charge is 0.165 e. The van der Waals surface area contributed by atoms with Gasteiger partial charge in [0, 0.05) is 11.8 Å². The maximum Gasteiger partial charge on any atom is 0.165 e. The molecule has 2 heteroatoms. The largest absolute Gasteiger partial charge is 0.363 e. The molecule has 0 radical (unpaired) electrons. The molecule has 0 aromatic heterocycles. The average molecular weight is 236 g/mol. The SMILES string of the molecule is C=CC(C)(C)[C@]1(C)O[C@H](C/C=C/C)CCC1=O. The molecule has 0 aromatic carbocycles. The molecule has 0 saturated carbocycles. The molecule has 1 rings (SSSR count). The molecule has 0 N–H and O–H groups in total. The first-order valence-electron chi connectivity index (χ1n) is 6.33. The Morgan fingerprint density at radius 3 is 2.76 bits per heavy atom. The number of ether oxygens (including phenoxy) is 1. The van der Waals surface area contributed by atoms with Gasteiger partial charge in [0.05, 0.1) is 6.10 Å². The third-order valence-corrected chi connectivity index (χ3v) is 4.00. The predicted octanol–water partition coefficient (Wildman–Crippen LogP) is 3.67. The minimum atomic E-state index is -0.737. The lowest BCUT2D eigenvalue weighted by Crippen LogP contribution is -2.54. The summed E-state index contributed by atoms with van der Waals surface area (Å²) in [7, 11) is 0. The first kappa shape index (κ1) is 14.2. The van der Waals surface area contributed by atoms with Crippen LogP contribution >= 0.6 is 0 Å². The van der Waals surface area contributed by atoms with Crippen molar-refractivity contribution in [1.82, 2.24) is 0 Å². The Morgan fingerprint density at radius 1 is 1.59 bits per heavy atom. The van der Waals surface area contributed by atoms with Crippen molar-refractivity contribution in [2.75, 3.05) is 0 Å². The van der Waals surface area contributed by atoms with Crippen molar-refractivity contribution >= 4 is 5.78 Å². The van der Waals surface area contributed by atoms with Crippen LogP contribution in [0.2, 0.25) is 0 Å². The Kier molecular flexibility index (Phi) is 4.31. The highest BCUT2D eigenvalue weighted by Crippen LogP contribution is 2.41. The van der Waals surface area contributed by atoms with Crippen molar-refractivity contribution in [2.24, 2.45) is 5.41 Å². The zero-order chi connectivity index (χ0) is 13.1. The van der Waals surface area contributed by atoms with Gasteiger partial charge in [-0.25, -0.2) is 0 Å². The summed E-state index contributed by atoms with van der Waals surface area (Å²) < 4.78 is 6.07. The minimum Gasteiger partial charge on any atom is -0.363 e. The maximum atomic E-state index is 12.2. The third kappa shape index (κ3) is 2.68. The Balaban J connectivity index is 2.89. The average Bonchev–Trinajstić information content (AvgIpc) is 2.30. The van der Waals surface area contributed by atoms with Gasteiger partial charge in [0.25, 0.3) is 0 Å². The molecule has 1 fully saturated rings. The lowest BCUT2D eigenvalue weighted by atomic mass is 9.71. The summed E-state index contributed by atoms with van der Waals surface area (Å²) in [6, 6.07) is 0. The van der Waals surface area contributed by atoms with Crippen molar-refractivity contribution in [3.05, 3.63) is 24.8 Å². The molecule has 96 valence electrons. The van der Waals surface area contributed by atoms with Crippen molar-refractivity contribution in [2.45, 2.75) is 58.7 Å². The molecule has 2 nitrogen and oxygen atoms in total. The third-order valence-electron chi connectivity index (χ3n) is 4.00. The Hall–Kier alpha value is -0.890. The van der Waals surface area contributed by atoms with Crippen LogP contribution in [0, 0.1) is 5.41 Å². The van der Waals surface area contributed by atoms with Crippen molar-refractivity contribution in [3.63, 3.8) is 0 Å². The second kappa shape index (κ2) is 5.18. The molecule has 0 aromatic rings. The van der Waals surface area contributed by atoms with Crippen LogP contribution in [-0.4, -0.2) is 17.5 Å². The van der Waals surface area contributed by atoms with Crippen LogP contribution in [0.25, 0.3) is 0 Å². The number of carbonyl (C=O) groups is 1. The van der Waals surface area contributed by atoms with E-state index in [4.69, 9.17) is 4.74 Å². The van der Waals surface area contributed by atoms with Crippen molar-refractivity contribution in [3.8, 4) is 0 Å². The van der Waals surface area contributed by atoms with E-state index in [9.17, 15) is 4.79 Å². The van der Waals surface area contributed by atoms with E-state index < -0.39 is 5.60 Å². The van der Waals surface area contributed by atoms with Crippen molar-refractivity contribution in [1.29, 1.82) is 0 Å². The molecular weight excluding hydrogens is 212 g/mol. The van der Waals surface area contributed by atoms with Gasteiger partial charge in [0.1, 0.15) is 5.60 Å². The van der Waals surface area contributed by atoms with Gasteiger partial charge in [-0.2, -0.15) is 0 Å². The molecular formula is C15H24O2. The summed E-state index contributed by atoms with van der Waals surface area (Å²) in [6.07, 6.45) is 8.41. The quantitative estimate of drug-likeness (QED) is 0.696. The van der Waals surface area contributed by atoms with Gasteiger partial charge in [0.2, 0.25) is 0 Å². The van der Waals surface area contributed by atoms with Crippen LogP contribution in [0.5, 0.6) is 0 Å². The number of allylic oxidation sites excluding steroid dienone is 1. The number of hydrogen-bond donors (Lipinski definition) is 0. The highest BCUT2D eigenvalue weighted by Gasteiger charge is 2.49. The molecule has 0 spiro atoms. The van der Waals surface area contributed by atoms with Crippen LogP contribution < -0.4 is 0 Å². The molecule has 0 unspecified atom stereocenters. The van der Waals surface area contributed by atoms with E-state index in [0.29, 0.717) is 6.42 Å². The van der Waals surface area contributed by atoms with Gasteiger partial charge < -0.3 is 4.74 Å². The van der Waals surface area contributed by atoms with Gasteiger partial charge in [-0.15, -0.1) is 6.58 Å². The lowest BCUT2D eigenvalue weighted by Gasteiger charge is -2.46. The summed E-state index contributed by atoms with van der Waals surface area (Å²) in [5.41, 5.74) is -1.07. The Labute approximate surface area is 105 Å². The van der Waals surface area contributed by atoms with E-state index in [1.807, 2.05) is 39.8 Å². The van der Waals surface area contributed by atoms with E-state index in [1.54, 1.807) is 0 Å². The maximum absolute atomic E-state index is 12.2. The Bertz CT molecular complexity index is 328. The van der Waals surface area contributed by atoms with E-state index in [1.165, 1.54) is 0 Å². The Morgan fingerprint density at radius 2 is 2.24 bits per heavy atom. The van der Waals surface area contributed by atoms with E-state index in [-0.39, 0.29) is 17.3 Å². The van der Waals surface area contributed by atoms with E-state index in [0.717, 1.165) is 12.8 Å². The highest BCUT2D eigenvalue weighted by molar-refractivity contribution is 5.88. The summed E-state index contributed by atoms with van der Waals surface area (Å²) >= 11 is 0.